The van der Waals surface area contributed by atoms with Crippen LogP contribution in [0.2, 0.25) is 0 Å². The monoisotopic (exact) mass is 517 g/mol. The Labute approximate surface area is 212 Å². The van der Waals surface area contributed by atoms with Crippen molar-refractivity contribution in [1.29, 1.82) is 0 Å². The first-order valence-corrected chi connectivity index (χ1v) is 12.1. The van der Waals surface area contributed by atoms with Crippen molar-refractivity contribution in [2.24, 2.45) is 5.92 Å². The van der Waals surface area contributed by atoms with Gasteiger partial charge < -0.3 is 15.3 Å². The molecule has 12 heteroatoms. The van der Waals surface area contributed by atoms with Crippen molar-refractivity contribution >= 4 is 17.5 Å². The number of alkyl halides is 3. The molecule has 0 bridgehead atoms. The Balaban J connectivity index is 1.53. The Morgan fingerprint density at radius 2 is 2.00 bits per heavy atom. The number of benzene rings is 1. The third kappa shape index (κ3) is 6.83. The summed E-state index contributed by atoms with van der Waals surface area (Å²) in [6.07, 6.45) is 0.0570. The lowest BCUT2D eigenvalue weighted by atomic mass is 10.0. The van der Waals surface area contributed by atoms with E-state index in [2.05, 4.69) is 34.2 Å². The van der Waals surface area contributed by atoms with Crippen LogP contribution in [0.4, 0.5) is 24.8 Å². The first kappa shape index (κ1) is 26.6. The maximum absolute atomic E-state index is 14.0. The number of anilines is 2. The van der Waals surface area contributed by atoms with E-state index < -0.39 is 11.7 Å². The molecule has 1 aliphatic rings. The molecule has 4 rings (SSSR count). The largest absolute Gasteiger partial charge is 0.416 e. The maximum Gasteiger partial charge on any atom is 0.416 e. The number of aromatic nitrogens is 4. The molecule has 3 heterocycles. The number of nitrogens with zero attached hydrogens (tertiary/aromatic N) is 6. The van der Waals surface area contributed by atoms with Gasteiger partial charge in [-0.05, 0) is 23.6 Å². The highest BCUT2D eigenvalue weighted by molar-refractivity contribution is 5.79. The van der Waals surface area contributed by atoms with Crippen LogP contribution in [-0.4, -0.2) is 73.3 Å². The number of amides is 1. The van der Waals surface area contributed by atoms with E-state index in [1.165, 1.54) is 34.1 Å². The van der Waals surface area contributed by atoms with Gasteiger partial charge in [0.1, 0.15) is 0 Å². The van der Waals surface area contributed by atoms with Crippen molar-refractivity contribution in [3.8, 4) is 11.3 Å². The predicted molar refractivity (Wildman–Crippen MR) is 132 cm³/mol. The standard InChI is InChI=1S/C25H30F3N7O2/c1-17(2)13-33-7-8-34(23(37)16-33)14-19-4-3-18(11-21(19)25(26,27)28)22-5-6-29-24(32-22)31-20-12-30-35(15-20)9-10-36/h3-6,11-12,15,17,36H,7-10,13-14,16H2,1-2H3,(H,29,31,32). The number of aliphatic hydroxyl groups is 1. The maximum atomic E-state index is 14.0. The van der Waals surface area contributed by atoms with Gasteiger partial charge in [0.15, 0.2) is 0 Å². The van der Waals surface area contributed by atoms with E-state index in [4.69, 9.17) is 5.11 Å². The number of piperazine rings is 1. The molecule has 1 saturated heterocycles. The van der Waals surface area contributed by atoms with Crippen LogP contribution in [0.3, 0.4) is 0 Å². The van der Waals surface area contributed by atoms with Crippen LogP contribution < -0.4 is 5.32 Å². The minimum Gasteiger partial charge on any atom is -0.394 e. The molecule has 2 aromatic heterocycles. The van der Waals surface area contributed by atoms with Gasteiger partial charge in [-0.2, -0.15) is 18.3 Å². The second-order valence-electron chi connectivity index (χ2n) is 9.42. The lowest BCUT2D eigenvalue weighted by Crippen LogP contribution is -2.50. The lowest BCUT2D eigenvalue weighted by Gasteiger charge is -2.35. The molecule has 1 amide bonds. The average Bonchev–Trinajstić information content (AvgIpc) is 3.27. The van der Waals surface area contributed by atoms with Crippen LogP contribution in [0.25, 0.3) is 11.3 Å². The summed E-state index contributed by atoms with van der Waals surface area (Å²) in [7, 11) is 0. The van der Waals surface area contributed by atoms with Gasteiger partial charge in [-0.3, -0.25) is 14.4 Å². The Morgan fingerprint density at radius 3 is 2.70 bits per heavy atom. The molecule has 198 valence electrons. The topological polar surface area (TPSA) is 99.4 Å². The van der Waals surface area contributed by atoms with Crippen molar-refractivity contribution in [3.63, 3.8) is 0 Å². The van der Waals surface area contributed by atoms with Crippen LogP contribution in [-0.2, 0) is 24.1 Å². The molecule has 0 unspecified atom stereocenters. The molecule has 0 aliphatic carbocycles. The van der Waals surface area contributed by atoms with Crippen molar-refractivity contribution in [3.05, 3.63) is 54.0 Å². The molecule has 0 saturated carbocycles. The lowest BCUT2D eigenvalue weighted by molar-refractivity contribution is -0.141. The van der Waals surface area contributed by atoms with E-state index in [0.717, 1.165) is 12.6 Å². The van der Waals surface area contributed by atoms with E-state index in [1.54, 1.807) is 12.3 Å². The number of hydrogen-bond donors (Lipinski definition) is 2. The Kier molecular flexibility index (Phi) is 8.08. The number of carbonyl (C=O) groups is 1. The summed E-state index contributed by atoms with van der Waals surface area (Å²) in [5, 5.41) is 16.1. The molecule has 1 aliphatic heterocycles. The molecule has 0 atom stereocenters. The quantitative estimate of drug-likeness (QED) is 0.449. The van der Waals surface area contributed by atoms with E-state index in [0.29, 0.717) is 36.9 Å². The third-order valence-corrected chi connectivity index (χ3v) is 5.97. The molecule has 1 fully saturated rings. The molecule has 3 aromatic rings. The van der Waals surface area contributed by atoms with Crippen LogP contribution in [0.15, 0.2) is 42.9 Å². The van der Waals surface area contributed by atoms with Crippen molar-refractivity contribution < 1.29 is 23.1 Å². The summed E-state index contributed by atoms with van der Waals surface area (Å²) >= 11 is 0. The van der Waals surface area contributed by atoms with Crippen LogP contribution in [0, 0.1) is 5.92 Å². The molecule has 2 N–H and O–H groups in total. The number of carbonyl (C=O) groups excluding carboxylic acids is 1. The zero-order valence-electron chi connectivity index (χ0n) is 20.7. The molecule has 0 radical (unpaired) electrons. The van der Waals surface area contributed by atoms with Crippen LogP contribution in [0.5, 0.6) is 0 Å². The summed E-state index contributed by atoms with van der Waals surface area (Å²) in [6.45, 7) is 6.32. The van der Waals surface area contributed by atoms with Gasteiger partial charge in [-0.15, -0.1) is 0 Å². The smallest absolute Gasteiger partial charge is 0.394 e. The van der Waals surface area contributed by atoms with Crippen LogP contribution >= 0.6 is 0 Å². The fourth-order valence-corrected chi connectivity index (χ4v) is 4.30. The van der Waals surface area contributed by atoms with Gasteiger partial charge in [0, 0.05) is 44.1 Å². The fraction of sp³-hybridized carbons (Fsp3) is 0.440. The molecular formula is C25H30F3N7O2. The summed E-state index contributed by atoms with van der Waals surface area (Å²) < 4.78 is 43.7. The fourth-order valence-electron chi connectivity index (χ4n) is 4.30. The van der Waals surface area contributed by atoms with Gasteiger partial charge in [0.2, 0.25) is 11.9 Å². The SMILES string of the molecule is CC(C)CN1CCN(Cc2ccc(-c3ccnc(Nc4cnn(CCO)c4)n3)cc2C(F)(F)F)C(=O)C1. The van der Waals surface area contributed by atoms with Gasteiger partial charge in [0.05, 0.1) is 42.8 Å². The summed E-state index contributed by atoms with van der Waals surface area (Å²) in [5.41, 5.74) is 0.433. The highest BCUT2D eigenvalue weighted by atomic mass is 19.4. The molecule has 1 aromatic carbocycles. The van der Waals surface area contributed by atoms with Crippen molar-refractivity contribution in [1.82, 2.24) is 29.5 Å². The summed E-state index contributed by atoms with van der Waals surface area (Å²) in [6, 6.07) is 5.60. The number of aliphatic hydroxyl groups excluding tert-OH is 1. The first-order valence-electron chi connectivity index (χ1n) is 12.1. The van der Waals surface area contributed by atoms with Gasteiger partial charge in [-0.25, -0.2) is 9.97 Å². The zero-order chi connectivity index (χ0) is 26.6. The Hall–Kier alpha value is -3.51. The van der Waals surface area contributed by atoms with E-state index in [9.17, 15) is 18.0 Å². The minimum absolute atomic E-state index is 0.0469. The molecular weight excluding hydrogens is 487 g/mol. The summed E-state index contributed by atoms with van der Waals surface area (Å²) in [4.78, 5) is 24.6. The third-order valence-electron chi connectivity index (χ3n) is 5.97. The minimum atomic E-state index is -4.59. The van der Waals surface area contributed by atoms with Crippen molar-refractivity contribution in [2.45, 2.75) is 33.1 Å². The number of nitrogens with one attached hydrogen (secondary N) is 1. The Morgan fingerprint density at radius 1 is 1.19 bits per heavy atom. The Bertz CT molecular complexity index is 1230. The number of halogens is 3. The molecule has 37 heavy (non-hydrogen) atoms. The molecule has 9 nitrogen and oxygen atoms in total. The first-order chi connectivity index (χ1) is 17.6. The highest BCUT2D eigenvalue weighted by Crippen LogP contribution is 2.35. The van der Waals surface area contributed by atoms with Crippen LogP contribution in [0.1, 0.15) is 25.0 Å². The second-order valence-corrected chi connectivity index (χ2v) is 9.42. The number of rotatable bonds is 9. The predicted octanol–water partition coefficient (Wildman–Crippen LogP) is 3.40. The van der Waals surface area contributed by atoms with Gasteiger partial charge >= 0.3 is 6.18 Å². The van der Waals surface area contributed by atoms with Crippen molar-refractivity contribution in [2.75, 3.05) is 38.1 Å². The summed E-state index contributed by atoms with van der Waals surface area (Å²) in [5.74, 6) is 0.437. The van der Waals surface area contributed by atoms with E-state index in [1.807, 2.05) is 4.90 Å². The normalized spacial score (nSPS) is 15.0. The average molecular weight is 518 g/mol. The number of hydrogen-bond acceptors (Lipinski definition) is 7. The van der Waals surface area contributed by atoms with Gasteiger partial charge in [-0.1, -0.05) is 26.0 Å². The van der Waals surface area contributed by atoms with E-state index in [-0.39, 0.29) is 42.7 Å². The van der Waals surface area contributed by atoms with Gasteiger partial charge in [0.25, 0.3) is 0 Å². The highest BCUT2D eigenvalue weighted by Gasteiger charge is 2.35. The second kappa shape index (κ2) is 11.3. The zero-order valence-corrected chi connectivity index (χ0v) is 20.7. The molecule has 0 spiro atoms. The van der Waals surface area contributed by atoms with E-state index >= 15 is 0 Å².